The highest BCUT2D eigenvalue weighted by atomic mass is 79.9. The minimum absolute atomic E-state index is 0.450. The fourth-order valence-corrected chi connectivity index (χ4v) is 1.74. The summed E-state index contributed by atoms with van der Waals surface area (Å²) in [4.78, 5) is 0. The van der Waals surface area contributed by atoms with Crippen LogP contribution in [0.2, 0.25) is 0 Å². The van der Waals surface area contributed by atoms with Crippen LogP contribution in [0.5, 0.6) is 0 Å². The van der Waals surface area contributed by atoms with Gasteiger partial charge in [-0.2, -0.15) is 0 Å². The molecule has 0 radical (unpaired) electrons. The fraction of sp³-hybridized carbons (Fsp3) is 0.556. The van der Waals surface area contributed by atoms with Gasteiger partial charge in [-0.15, -0.1) is 0 Å². The normalized spacial score (nSPS) is 26.1. The van der Waals surface area contributed by atoms with Crippen LogP contribution in [0.4, 0.5) is 8.78 Å². The minimum atomic E-state index is -0.860. The first-order chi connectivity index (χ1) is 6.76. The van der Waals surface area contributed by atoms with Crippen LogP contribution in [-0.2, 0) is 9.47 Å². The van der Waals surface area contributed by atoms with Crippen LogP contribution in [0.25, 0.3) is 0 Å². The van der Waals surface area contributed by atoms with Gasteiger partial charge in [-0.05, 0) is 18.2 Å². The van der Waals surface area contributed by atoms with Gasteiger partial charge in [0, 0.05) is 11.8 Å². The molecule has 1 rings (SSSR count). The Kier molecular flexibility index (Phi) is 4.54. The topological polar surface area (TPSA) is 18.5 Å². The summed E-state index contributed by atoms with van der Waals surface area (Å²) < 4.78 is 33.5. The number of ether oxygens (including phenoxy) is 2. The quantitative estimate of drug-likeness (QED) is 0.714. The summed E-state index contributed by atoms with van der Waals surface area (Å²) in [5.41, 5.74) is -0.669. The van der Waals surface area contributed by atoms with Gasteiger partial charge in [0.05, 0.1) is 0 Å². The molecule has 14 heavy (non-hydrogen) atoms. The molecule has 0 aromatic carbocycles. The van der Waals surface area contributed by atoms with Gasteiger partial charge in [0.25, 0.3) is 0 Å². The molecule has 0 bridgehead atoms. The molecule has 1 aliphatic carbocycles. The molecular formula is C9H11BrF2O2. The summed E-state index contributed by atoms with van der Waals surface area (Å²) in [7, 11) is 0. The van der Waals surface area contributed by atoms with Crippen LogP contribution < -0.4 is 0 Å². The third-order valence-electron chi connectivity index (χ3n) is 1.99. The van der Waals surface area contributed by atoms with E-state index in [4.69, 9.17) is 4.74 Å². The Morgan fingerprint density at radius 3 is 2.64 bits per heavy atom. The van der Waals surface area contributed by atoms with Crippen LogP contribution in [0.15, 0.2) is 24.0 Å². The smallest absolute Gasteiger partial charge is 0.228 e. The molecule has 0 fully saturated rings. The van der Waals surface area contributed by atoms with Crippen LogP contribution in [0, 0.1) is 0 Å². The van der Waals surface area contributed by atoms with Crippen LogP contribution in [0.1, 0.15) is 6.42 Å². The number of hydrogen-bond donors (Lipinski definition) is 0. The van der Waals surface area contributed by atoms with Gasteiger partial charge in [0.15, 0.2) is 6.86 Å². The molecule has 0 spiro atoms. The van der Waals surface area contributed by atoms with Gasteiger partial charge >= 0.3 is 0 Å². The maximum atomic E-state index is 12.1. The van der Waals surface area contributed by atoms with Crippen LogP contribution in [-0.4, -0.2) is 24.7 Å². The number of halogens is 3. The third-order valence-corrected chi connectivity index (χ3v) is 2.94. The molecule has 1 atom stereocenters. The Balaban J connectivity index is 2.59. The first-order valence-corrected chi connectivity index (χ1v) is 5.22. The van der Waals surface area contributed by atoms with E-state index in [0.717, 1.165) is 0 Å². The number of allylic oxidation sites excluding steroid dienone is 1. The molecule has 2 nitrogen and oxygen atoms in total. The van der Waals surface area contributed by atoms with Crippen LogP contribution >= 0.6 is 15.9 Å². The lowest BCUT2D eigenvalue weighted by molar-refractivity contribution is -0.0399. The molecule has 0 amide bonds. The molecule has 0 aromatic rings. The molecule has 0 N–H and O–H groups in total. The van der Waals surface area contributed by atoms with Crippen molar-refractivity contribution in [2.75, 3.05) is 19.1 Å². The van der Waals surface area contributed by atoms with E-state index in [1.54, 1.807) is 18.2 Å². The second-order valence-electron chi connectivity index (χ2n) is 2.85. The zero-order chi connectivity index (χ0) is 10.4. The summed E-state index contributed by atoms with van der Waals surface area (Å²) in [6.07, 6.45) is 5.40. The Labute approximate surface area is 89.7 Å². The zero-order valence-electron chi connectivity index (χ0n) is 7.51. The molecule has 0 saturated heterocycles. The highest BCUT2D eigenvalue weighted by molar-refractivity contribution is 9.09. The highest BCUT2D eigenvalue weighted by Gasteiger charge is 2.28. The van der Waals surface area contributed by atoms with Gasteiger partial charge < -0.3 is 9.47 Å². The summed E-state index contributed by atoms with van der Waals surface area (Å²) in [5, 5.41) is 0.486. The van der Waals surface area contributed by atoms with Crippen molar-refractivity contribution in [3.8, 4) is 0 Å². The van der Waals surface area contributed by atoms with Crippen molar-refractivity contribution in [1.82, 2.24) is 0 Å². The Morgan fingerprint density at radius 2 is 2.21 bits per heavy atom. The first kappa shape index (κ1) is 11.7. The van der Waals surface area contributed by atoms with E-state index in [9.17, 15) is 8.78 Å². The monoisotopic (exact) mass is 268 g/mol. The maximum absolute atomic E-state index is 12.1. The number of alkyl halides is 3. The largest absolute Gasteiger partial charge is 0.463 e. The van der Waals surface area contributed by atoms with E-state index in [1.165, 1.54) is 0 Å². The maximum Gasteiger partial charge on any atom is 0.228 e. The van der Waals surface area contributed by atoms with E-state index < -0.39 is 19.3 Å². The lowest BCUT2D eigenvalue weighted by Crippen LogP contribution is -2.33. The van der Waals surface area contributed by atoms with E-state index >= 15 is 0 Å². The molecule has 0 heterocycles. The molecular weight excluding hydrogens is 258 g/mol. The van der Waals surface area contributed by atoms with Crippen molar-refractivity contribution in [3.05, 3.63) is 24.0 Å². The average Bonchev–Trinajstić information content (AvgIpc) is 2.22. The van der Waals surface area contributed by atoms with E-state index in [1.807, 2.05) is 0 Å². The fourth-order valence-electron chi connectivity index (χ4n) is 1.17. The zero-order valence-corrected chi connectivity index (χ0v) is 9.10. The van der Waals surface area contributed by atoms with E-state index in [0.29, 0.717) is 17.5 Å². The van der Waals surface area contributed by atoms with Crippen molar-refractivity contribution >= 4 is 15.9 Å². The number of hydrogen-bond acceptors (Lipinski definition) is 2. The van der Waals surface area contributed by atoms with Gasteiger partial charge in [0.1, 0.15) is 11.4 Å². The molecule has 0 aliphatic heterocycles. The highest BCUT2D eigenvalue weighted by Crippen LogP contribution is 2.27. The van der Waals surface area contributed by atoms with E-state index in [2.05, 4.69) is 20.7 Å². The predicted octanol–water partition coefficient (Wildman–Crippen LogP) is 2.85. The van der Waals surface area contributed by atoms with Crippen molar-refractivity contribution in [2.45, 2.75) is 12.0 Å². The van der Waals surface area contributed by atoms with Gasteiger partial charge in [-0.1, -0.05) is 15.9 Å². The van der Waals surface area contributed by atoms with Gasteiger partial charge in [0.2, 0.25) is 6.86 Å². The lowest BCUT2D eigenvalue weighted by atomic mass is 9.97. The first-order valence-electron chi connectivity index (χ1n) is 4.10. The van der Waals surface area contributed by atoms with Crippen molar-refractivity contribution in [3.63, 3.8) is 0 Å². The minimum Gasteiger partial charge on any atom is -0.463 e. The molecule has 1 aliphatic rings. The molecule has 80 valence electrons. The molecule has 1 unspecified atom stereocenters. The lowest BCUT2D eigenvalue weighted by Gasteiger charge is -2.28. The van der Waals surface area contributed by atoms with E-state index in [-0.39, 0.29) is 0 Å². The molecule has 0 aromatic heterocycles. The van der Waals surface area contributed by atoms with Crippen molar-refractivity contribution < 1.29 is 18.3 Å². The Bertz CT molecular complexity index is 243. The predicted molar refractivity (Wildman–Crippen MR) is 52.5 cm³/mol. The second-order valence-corrected chi connectivity index (χ2v) is 3.41. The van der Waals surface area contributed by atoms with Gasteiger partial charge in [-0.25, -0.2) is 8.78 Å². The average molecular weight is 269 g/mol. The Morgan fingerprint density at radius 1 is 1.43 bits per heavy atom. The van der Waals surface area contributed by atoms with Crippen LogP contribution in [0.3, 0.4) is 0 Å². The Hall–Kier alpha value is -0.420. The molecule has 5 heteroatoms. The third kappa shape index (κ3) is 2.78. The summed E-state index contributed by atoms with van der Waals surface area (Å²) >= 11 is 3.24. The molecule has 0 saturated carbocycles. The second kappa shape index (κ2) is 5.46. The standard InChI is InChI=1S/C9H11BrF2O2/c10-5-9(14-7-12)3-1-8(2-4-9)13-6-11/h1-3H,4-7H2. The number of rotatable bonds is 5. The van der Waals surface area contributed by atoms with Gasteiger partial charge in [-0.3, -0.25) is 0 Å². The summed E-state index contributed by atoms with van der Waals surface area (Å²) in [6, 6.07) is 0. The van der Waals surface area contributed by atoms with Crippen molar-refractivity contribution in [1.29, 1.82) is 0 Å². The SMILES string of the molecule is FCOC1=CCC(CBr)(OCF)C=C1. The summed E-state index contributed by atoms with van der Waals surface area (Å²) in [5.74, 6) is 0.450. The van der Waals surface area contributed by atoms with Crippen molar-refractivity contribution in [2.24, 2.45) is 0 Å². The summed E-state index contributed by atoms with van der Waals surface area (Å²) in [6.45, 7) is -1.70.